The maximum Gasteiger partial charge on any atom is 0.195 e. The van der Waals surface area contributed by atoms with Gasteiger partial charge in [-0.05, 0) is 50.5 Å². The molecule has 5 nitrogen and oxygen atoms in total. The highest BCUT2D eigenvalue weighted by molar-refractivity contribution is 5.89. The van der Waals surface area contributed by atoms with Gasteiger partial charge in [-0.3, -0.25) is 4.79 Å². The van der Waals surface area contributed by atoms with E-state index < -0.39 is 0 Å². The Labute approximate surface area is 140 Å². The number of hydrogen-bond acceptors (Lipinski definition) is 5. The van der Waals surface area contributed by atoms with Gasteiger partial charge in [0.2, 0.25) is 0 Å². The first-order chi connectivity index (χ1) is 11.5. The van der Waals surface area contributed by atoms with E-state index in [9.17, 15) is 4.79 Å². The number of benzene rings is 2. The Morgan fingerprint density at radius 3 is 2.58 bits per heavy atom. The predicted octanol–water partition coefficient (Wildman–Crippen LogP) is 2.98. The second-order valence-corrected chi connectivity index (χ2v) is 5.87. The maximum atomic E-state index is 12.3. The van der Waals surface area contributed by atoms with E-state index in [-0.39, 0.29) is 5.43 Å². The number of ether oxygens (including phenoxy) is 1. The topological polar surface area (TPSA) is 68.7 Å². The largest absolute Gasteiger partial charge is 0.492 e. The highest BCUT2D eigenvalue weighted by atomic mass is 16.5. The Hall–Kier alpha value is -2.79. The van der Waals surface area contributed by atoms with Crippen LogP contribution in [0.5, 0.6) is 5.75 Å². The lowest BCUT2D eigenvalue weighted by Crippen LogP contribution is -2.19. The Morgan fingerprint density at radius 2 is 1.88 bits per heavy atom. The Balaban J connectivity index is 1.87. The van der Waals surface area contributed by atoms with Crippen molar-refractivity contribution in [2.45, 2.75) is 0 Å². The van der Waals surface area contributed by atoms with Crippen molar-refractivity contribution < 1.29 is 9.15 Å². The van der Waals surface area contributed by atoms with Crippen molar-refractivity contribution in [3.63, 3.8) is 0 Å². The molecule has 2 aromatic carbocycles. The lowest BCUT2D eigenvalue weighted by atomic mass is 10.1. The summed E-state index contributed by atoms with van der Waals surface area (Å²) in [5.41, 5.74) is 7.44. The molecule has 1 aromatic heterocycles. The van der Waals surface area contributed by atoms with Gasteiger partial charge in [0.25, 0.3) is 0 Å². The smallest absolute Gasteiger partial charge is 0.195 e. The van der Waals surface area contributed by atoms with Crippen molar-refractivity contribution >= 4 is 16.7 Å². The first-order valence-electron chi connectivity index (χ1n) is 7.75. The minimum absolute atomic E-state index is 0.143. The molecule has 0 fully saturated rings. The highest BCUT2D eigenvalue weighted by Gasteiger charge is 2.09. The van der Waals surface area contributed by atoms with E-state index in [1.54, 1.807) is 18.2 Å². The number of rotatable bonds is 5. The van der Waals surface area contributed by atoms with Crippen molar-refractivity contribution in [3.05, 3.63) is 58.8 Å². The molecule has 1 heterocycles. The lowest BCUT2D eigenvalue weighted by Gasteiger charge is -2.11. The van der Waals surface area contributed by atoms with Gasteiger partial charge in [0, 0.05) is 23.9 Å². The fraction of sp³-hybridized carbons (Fsp3) is 0.211. The number of nitrogen functional groups attached to an aromatic ring is 1. The molecule has 124 valence electrons. The summed E-state index contributed by atoms with van der Waals surface area (Å²) in [7, 11) is 4.00. The second-order valence-electron chi connectivity index (χ2n) is 5.87. The molecule has 24 heavy (non-hydrogen) atoms. The fourth-order valence-corrected chi connectivity index (χ4v) is 2.44. The number of anilines is 1. The van der Waals surface area contributed by atoms with E-state index in [4.69, 9.17) is 14.9 Å². The number of nitrogens with zero attached hydrogens (tertiary/aromatic N) is 1. The van der Waals surface area contributed by atoms with Gasteiger partial charge in [-0.25, -0.2) is 0 Å². The molecule has 0 aliphatic carbocycles. The Kier molecular flexibility index (Phi) is 4.53. The SMILES string of the molecule is CN(C)CCOc1ccc(-c2cc(=O)c3c(N)cccc3o2)cc1. The average molecular weight is 324 g/mol. The summed E-state index contributed by atoms with van der Waals surface area (Å²) in [4.78, 5) is 14.4. The van der Waals surface area contributed by atoms with Crippen LogP contribution in [0.3, 0.4) is 0 Å². The van der Waals surface area contributed by atoms with Crippen molar-refractivity contribution in [1.82, 2.24) is 4.90 Å². The van der Waals surface area contributed by atoms with Gasteiger partial charge in [-0.1, -0.05) is 6.07 Å². The first kappa shape index (κ1) is 16.1. The normalized spacial score (nSPS) is 11.1. The molecule has 0 bridgehead atoms. The number of hydrogen-bond donors (Lipinski definition) is 1. The van der Waals surface area contributed by atoms with Crippen molar-refractivity contribution in [1.29, 1.82) is 0 Å². The summed E-state index contributed by atoms with van der Waals surface area (Å²) in [6.07, 6.45) is 0. The third-order valence-electron chi connectivity index (χ3n) is 3.73. The molecule has 2 N–H and O–H groups in total. The molecule has 5 heteroatoms. The molecular weight excluding hydrogens is 304 g/mol. The van der Waals surface area contributed by atoms with Crippen LogP contribution >= 0.6 is 0 Å². The standard InChI is InChI=1S/C19H20N2O3/c1-21(2)10-11-23-14-8-6-13(7-9-14)18-12-16(22)19-15(20)4-3-5-17(19)24-18/h3-9,12H,10-11,20H2,1-2H3. The van der Waals surface area contributed by atoms with E-state index in [1.807, 2.05) is 38.4 Å². The molecule has 3 rings (SSSR count). The number of likely N-dealkylation sites (N-methyl/N-ethyl adjacent to an activating group) is 1. The summed E-state index contributed by atoms with van der Waals surface area (Å²) < 4.78 is 11.5. The summed E-state index contributed by atoms with van der Waals surface area (Å²) in [5.74, 6) is 1.30. The van der Waals surface area contributed by atoms with Crippen molar-refractivity contribution in [3.8, 4) is 17.1 Å². The molecule has 0 saturated carbocycles. The van der Waals surface area contributed by atoms with Gasteiger partial charge in [0.1, 0.15) is 23.7 Å². The summed E-state index contributed by atoms with van der Waals surface area (Å²) in [5, 5.41) is 0.421. The molecule has 0 aliphatic rings. The molecule has 0 saturated heterocycles. The zero-order chi connectivity index (χ0) is 17.1. The maximum absolute atomic E-state index is 12.3. The Morgan fingerprint density at radius 1 is 1.12 bits per heavy atom. The highest BCUT2D eigenvalue weighted by Crippen LogP contribution is 2.26. The van der Waals surface area contributed by atoms with Crippen LogP contribution in [0, 0.1) is 0 Å². The van der Waals surface area contributed by atoms with E-state index in [1.165, 1.54) is 6.07 Å². The van der Waals surface area contributed by atoms with E-state index in [0.29, 0.717) is 29.0 Å². The third kappa shape index (κ3) is 3.41. The molecule has 0 atom stereocenters. The van der Waals surface area contributed by atoms with Crippen LogP contribution in [0.4, 0.5) is 5.69 Å². The van der Waals surface area contributed by atoms with E-state index in [2.05, 4.69) is 4.90 Å². The minimum Gasteiger partial charge on any atom is -0.492 e. The average Bonchev–Trinajstić information content (AvgIpc) is 2.55. The summed E-state index contributed by atoms with van der Waals surface area (Å²) in [6.45, 7) is 1.47. The zero-order valence-corrected chi connectivity index (χ0v) is 13.8. The summed E-state index contributed by atoms with van der Waals surface area (Å²) >= 11 is 0. The van der Waals surface area contributed by atoms with Crippen LogP contribution in [0.15, 0.2) is 57.7 Å². The van der Waals surface area contributed by atoms with E-state index in [0.717, 1.165) is 17.9 Å². The molecular formula is C19H20N2O3. The minimum atomic E-state index is -0.143. The van der Waals surface area contributed by atoms with Gasteiger partial charge in [-0.15, -0.1) is 0 Å². The molecule has 0 radical (unpaired) electrons. The fourth-order valence-electron chi connectivity index (χ4n) is 2.44. The molecule has 0 amide bonds. The van der Waals surface area contributed by atoms with Crippen LogP contribution in [-0.2, 0) is 0 Å². The quantitative estimate of drug-likeness (QED) is 0.731. The van der Waals surface area contributed by atoms with E-state index >= 15 is 0 Å². The summed E-state index contributed by atoms with van der Waals surface area (Å²) in [6, 6.07) is 14.2. The van der Waals surface area contributed by atoms with Crippen LogP contribution in [0.2, 0.25) is 0 Å². The molecule has 3 aromatic rings. The van der Waals surface area contributed by atoms with Crippen molar-refractivity contribution in [2.24, 2.45) is 0 Å². The second kappa shape index (κ2) is 6.76. The molecule has 0 aliphatic heterocycles. The van der Waals surface area contributed by atoms with Crippen molar-refractivity contribution in [2.75, 3.05) is 33.0 Å². The predicted molar refractivity (Wildman–Crippen MR) is 96.4 cm³/mol. The molecule has 0 spiro atoms. The lowest BCUT2D eigenvalue weighted by molar-refractivity contribution is 0.261. The molecule has 0 unspecified atom stereocenters. The van der Waals surface area contributed by atoms with Crippen LogP contribution in [0.25, 0.3) is 22.3 Å². The number of fused-ring (bicyclic) bond motifs is 1. The van der Waals surface area contributed by atoms with Crippen LogP contribution in [-0.4, -0.2) is 32.1 Å². The first-order valence-corrected chi connectivity index (χ1v) is 7.75. The van der Waals surface area contributed by atoms with Gasteiger partial charge >= 0.3 is 0 Å². The number of nitrogens with two attached hydrogens (primary N) is 1. The van der Waals surface area contributed by atoms with Gasteiger partial charge in [0.05, 0.1) is 5.39 Å². The van der Waals surface area contributed by atoms with Gasteiger partial charge in [0.15, 0.2) is 5.43 Å². The van der Waals surface area contributed by atoms with Crippen LogP contribution in [0.1, 0.15) is 0 Å². The third-order valence-corrected chi connectivity index (χ3v) is 3.73. The van der Waals surface area contributed by atoms with Gasteiger partial charge < -0.3 is 19.8 Å². The van der Waals surface area contributed by atoms with Crippen LogP contribution < -0.4 is 15.9 Å². The zero-order valence-electron chi connectivity index (χ0n) is 13.8. The van der Waals surface area contributed by atoms with Gasteiger partial charge in [-0.2, -0.15) is 0 Å². The monoisotopic (exact) mass is 324 g/mol. The Bertz CT molecular complexity index is 899.